The summed E-state index contributed by atoms with van der Waals surface area (Å²) in [6.45, 7) is 1.83. The lowest BCUT2D eigenvalue weighted by Crippen LogP contribution is -2.00. The number of hydrogen-bond donors (Lipinski definition) is 0. The molecule has 0 aliphatic heterocycles. The molecule has 0 saturated heterocycles. The fraction of sp³-hybridized carbons (Fsp3) is 0.125. The summed E-state index contributed by atoms with van der Waals surface area (Å²) in [5.41, 5.74) is 0.916. The van der Waals surface area contributed by atoms with Gasteiger partial charge in [0.2, 0.25) is 19.7 Å². The highest BCUT2D eigenvalue weighted by Crippen LogP contribution is 2.19. The van der Waals surface area contributed by atoms with Crippen LogP contribution < -0.4 is 4.74 Å². The van der Waals surface area contributed by atoms with Gasteiger partial charge in [-0.3, -0.25) is 0 Å². The maximum absolute atomic E-state index is 12.2. The van der Waals surface area contributed by atoms with Crippen LogP contribution in [0.1, 0.15) is 5.56 Å². The van der Waals surface area contributed by atoms with Crippen LogP contribution in [0.3, 0.4) is 0 Å². The SMILES string of the molecule is COc1ccc(S(=O)(=O)/C=C/S(=O)(=O)c2ccc(C)cc2)cc1. The van der Waals surface area contributed by atoms with E-state index in [2.05, 4.69) is 0 Å². The van der Waals surface area contributed by atoms with Gasteiger partial charge in [0, 0.05) is 10.8 Å². The molecular weight excluding hydrogens is 336 g/mol. The zero-order valence-corrected chi connectivity index (χ0v) is 14.3. The third-order valence-electron chi connectivity index (χ3n) is 3.15. The van der Waals surface area contributed by atoms with Gasteiger partial charge in [0.15, 0.2) is 0 Å². The minimum atomic E-state index is -3.85. The van der Waals surface area contributed by atoms with E-state index < -0.39 is 19.7 Å². The predicted molar refractivity (Wildman–Crippen MR) is 87.7 cm³/mol. The maximum Gasteiger partial charge on any atom is 0.200 e. The van der Waals surface area contributed by atoms with Crippen molar-refractivity contribution in [3.8, 4) is 5.75 Å². The molecule has 0 aromatic heterocycles. The first kappa shape index (κ1) is 17.2. The molecule has 5 nitrogen and oxygen atoms in total. The van der Waals surface area contributed by atoms with Crippen molar-refractivity contribution >= 4 is 19.7 Å². The molecule has 0 radical (unpaired) electrons. The summed E-state index contributed by atoms with van der Waals surface area (Å²) in [5, 5.41) is 1.40. The Hall–Kier alpha value is -2.12. The van der Waals surface area contributed by atoms with Crippen LogP contribution >= 0.6 is 0 Å². The van der Waals surface area contributed by atoms with Gasteiger partial charge < -0.3 is 4.74 Å². The molecule has 0 bridgehead atoms. The molecule has 2 aromatic carbocycles. The number of hydrogen-bond acceptors (Lipinski definition) is 5. The molecule has 0 spiro atoms. The first-order valence-electron chi connectivity index (χ1n) is 6.63. The number of ether oxygens (including phenoxy) is 1. The van der Waals surface area contributed by atoms with Crippen molar-refractivity contribution in [2.24, 2.45) is 0 Å². The van der Waals surface area contributed by atoms with Crippen molar-refractivity contribution in [3.63, 3.8) is 0 Å². The largest absolute Gasteiger partial charge is 0.497 e. The van der Waals surface area contributed by atoms with Gasteiger partial charge in [-0.1, -0.05) is 17.7 Å². The van der Waals surface area contributed by atoms with Gasteiger partial charge in [-0.25, -0.2) is 16.8 Å². The highest BCUT2D eigenvalue weighted by atomic mass is 32.2. The van der Waals surface area contributed by atoms with Gasteiger partial charge in [0.05, 0.1) is 16.9 Å². The minimum absolute atomic E-state index is 0.00587. The molecule has 0 amide bonds. The summed E-state index contributed by atoms with van der Waals surface area (Å²) in [6.07, 6.45) is 0. The number of rotatable bonds is 5. The van der Waals surface area contributed by atoms with Gasteiger partial charge in [-0.05, 0) is 43.3 Å². The molecule has 0 N–H and O–H groups in total. The second-order valence-electron chi connectivity index (χ2n) is 4.85. The third-order valence-corrected chi connectivity index (χ3v) is 6.17. The summed E-state index contributed by atoms with van der Waals surface area (Å²) >= 11 is 0. The molecule has 0 fully saturated rings. The number of aryl methyl sites for hydroxylation is 1. The zero-order valence-electron chi connectivity index (χ0n) is 12.6. The van der Waals surface area contributed by atoms with Crippen LogP contribution in [0, 0.1) is 6.92 Å². The Morgan fingerprint density at radius 1 is 0.739 bits per heavy atom. The third kappa shape index (κ3) is 4.20. The van der Waals surface area contributed by atoms with Crippen molar-refractivity contribution < 1.29 is 21.6 Å². The van der Waals surface area contributed by atoms with Crippen LogP contribution in [0.5, 0.6) is 5.75 Å². The quantitative estimate of drug-likeness (QED) is 0.827. The summed E-state index contributed by atoms with van der Waals surface area (Å²) in [5.74, 6) is 0.514. The molecule has 0 aliphatic carbocycles. The first-order valence-corrected chi connectivity index (χ1v) is 9.73. The molecule has 2 aromatic rings. The predicted octanol–water partition coefficient (Wildman–Crippen LogP) is 2.72. The number of methoxy groups -OCH3 is 1. The van der Waals surface area contributed by atoms with Crippen LogP contribution in [0.15, 0.2) is 69.1 Å². The molecule has 0 unspecified atom stereocenters. The average molecular weight is 352 g/mol. The molecular formula is C16H16O5S2. The fourth-order valence-electron chi connectivity index (χ4n) is 1.80. The second kappa shape index (κ2) is 6.55. The normalized spacial score (nSPS) is 12.4. The molecule has 0 atom stereocenters. The fourth-order valence-corrected chi connectivity index (χ4v) is 4.31. The van der Waals surface area contributed by atoms with E-state index in [1.807, 2.05) is 6.92 Å². The Balaban J connectivity index is 2.31. The Kier molecular flexibility index (Phi) is 4.91. The Morgan fingerprint density at radius 2 is 1.13 bits per heavy atom. The van der Waals surface area contributed by atoms with Crippen LogP contribution in [0.2, 0.25) is 0 Å². The molecule has 7 heteroatoms. The van der Waals surface area contributed by atoms with E-state index in [0.29, 0.717) is 16.6 Å². The van der Waals surface area contributed by atoms with E-state index >= 15 is 0 Å². The standard InChI is InChI=1S/C16H16O5S2/c1-13-3-7-15(8-4-13)22(17,18)11-12-23(19,20)16-9-5-14(21-2)6-10-16/h3-12H,1-2H3/b12-11+. The smallest absolute Gasteiger partial charge is 0.200 e. The molecule has 23 heavy (non-hydrogen) atoms. The average Bonchev–Trinajstić information content (AvgIpc) is 2.54. The van der Waals surface area contributed by atoms with Crippen molar-refractivity contribution in [3.05, 3.63) is 64.9 Å². The van der Waals surface area contributed by atoms with Gasteiger partial charge in [0.1, 0.15) is 5.75 Å². The van der Waals surface area contributed by atoms with Crippen molar-refractivity contribution in [1.82, 2.24) is 0 Å². The van der Waals surface area contributed by atoms with E-state index in [0.717, 1.165) is 5.56 Å². The number of benzene rings is 2. The van der Waals surface area contributed by atoms with Gasteiger partial charge in [-0.15, -0.1) is 0 Å². The summed E-state index contributed by atoms with van der Waals surface area (Å²) in [4.78, 5) is 0.0398. The van der Waals surface area contributed by atoms with E-state index in [-0.39, 0.29) is 9.79 Å². The molecule has 0 saturated carbocycles. The Bertz CT molecular complexity index is 907. The summed E-state index contributed by atoms with van der Waals surface area (Å²) < 4.78 is 53.6. The van der Waals surface area contributed by atoms with Gasteiger partial charge in [0.25, 0.3) is 0 Å². The van der Waals surface area contributed by atoms with E-state index in [1.54, 1.807) is 12.1 Å². The minimum Gasteiger partial charge on any atom is -0.497 e. The van der Waals surface area contributed by atoms with Gasteiger partial charge in [-0.2, -0.15) is 0 Å². The van der Waals surface area contributed by atoms with Gasteiger partial charge >= 0.3 is 0 Å². The zero-order chi connectivity index (χ0) is 17.1. The Morgan fingerprint density at radius 3 is 1.52 bits per heavy atom. The molecule has 0 heterocycles. The van der Waals surface area contributed by atoms with Crippen LogP contribution in [0.4, 0.5) is 0 Å². The van der Waals surface area contributed by atoms with E-state index in [1.165, 1.54) is 43.5 Å². The van der Waals surface area contributed by atoms with Crippen molar-refractivity contribution in [2.45, 2.75) is 16.7 Å². The van der Waals surface area contributed by atoms with Crippen LogP contribution in [-0.4, -0.2) is 23.9 Å². The highest BCUT2D eigenvalue weighted by molar-refractivity contribution is 7.97. The van der Waals surface area contributed by atoms with Crippen LogP contribution in [0.25, 0.3) is 0 Å². The molecule has 0 aliphatic rings. The Labute approximate surface area is 136 Å². The molecule has 2 rings (SSSR count). The van der Waals surface area contributed by atoms with Crippen molar-refractivity contribution in [1.29, 1.82) is 0 Å². The maximum atomic E-state index is 12.2. The monoisotopic (exact) mass is 352 g/mol. The van der Waals surface area contributed by atoms with E-state index in [9.17, 15) is 16.8 Å². The topological polar surface area (TPSA) is 77.5 Å². The van der Waals surface area contributed by atoms with Crippen molar-refractivity contribution in [2.75, 3.05) is 7.11 Å². The lowest BCUT2D eigenvalue weighted by molar-refractivity contribution is 0.414. The summed E-state index contributed by atoms with van der Waals surface area (Å²) in [7, 11) is -6.20. The lowest BCUT2D eigenvalue weighted by atomic mass is 10.2. The lowest BCUT2D eigenvalue weighted by Gasteiger charge is -2.03. The summed E-state index contributed by atoms with van der Waals surface area (Å²) in [6, 6.07) is 11.9. The first-order chi connectivity index (χ1) is 10.7. The molecule has 122 valence electrons. The number of sulfone groups is 2. The highest BCUT2D eigenvalue weighted by Gasteiger charge is 2.15. The van der Waals surface area contributed by atoms with E-state index in [4.69, 9.17) is 4.74 Å². The van der Waals surface area contributed by atoms with Crippen LogP contribution in [-0.2, 0) is 19.7 Å². The second-order valence-corrected chi connectivity index (χ2v) is 8.52.